The minimum Gasteiger partial charge on any atom is -0.330 e. The molecule has 0 aromatic heterocycles. The number of nitrogens with one attached hydrogen (secondary N) is 1. The van der Waals surface area contributed by atoms with E-state index in [1.165, 1.54) is 12.1 Å². The molecule has 1 aromatic rings. The van der Waals surface area contributed by atoms with Crippen LogP contribution in [0.25, 0.3) is 0 Å². The summed E-state index contributed by atoms with van der Waals surface area (Å²) in [7, 11) is -3.80. The highest BCUT2D eigenvalue weighted by Crippen LogP contribution is 2.12. The quantitative estimate of drug-likeness (QED) is 0.825. The second-order valence-electron chi connectivity index (χ2n) is 4.37. The van der Waals surface area contributed by atoms with Crippen LogP contribution in [0.3, 0.4) is 0 Å². The largest absolute Gasteiger partial charge is 0.330 e. The Bertz CT molecular complexity index is 497. The number of hydrogen-bond acceptors (Lipinski definition) is 4. The van der Waals surface area contributed by atoms with E-state index in [2.05, 4.69) is 4.72 Å². The first-order valence-electron chi connectivity index (χ1n) is 5.70. The molecule has 0 saturated carbocycles. The van der Waals surface area contributed by atoms with Gasteiger partial charge in [-0.15, -0.1) is 0 Å². The zero-order valence-corrected chi connectivity index (χ0v) is 11.3. The summed E-state index contributed by atoms with van der Waals surface area (Å²) in [4.78, 5) is 11.9. The van der Waals surface area contributed by atoms with Crippen molar-refractivity contribution in [2.24, 2.45) is 17.6 Å². The lowest BCUT2D eigenvalue weighted by Crippen LogP contribution is -2.40. The second-order valence-corrected chi connectivity index (χ2v) is 6.05. The molecule has 5 nitrogen and oxygen atoms in total. The number of carbonyl (C=O) groups is 1. The average Bonchev–Trinajstić information content (AvgIpc) is 2.29. The Kier molecular flexibility index (Phi) is 4.86. The highest BCUT2D eigenvalue weighted by Gasteiger charge is 2.25. The van der Waals surface area contributed by atoms with Crippen LogP contribution in [0.2, 0.25) is 0 Å². The number of rotatable bonds is 5. The molecule has 6 heteroatoms. The lowest BCUT2D eigenvalue weighted by molar-refractivity contribution is -0.124. The normalized spacial score (nSPS) is 13.3. The molecule has 0 bridgehead atoms. The lowest BCUT2D eigenvalue weighted by atomic mass is 9.96. The predicted molar refractivity (Wildman–Crippen MR) is 69.2 cm³/mol. The molecule has 0 aliphatic carbocycles. The third-order valence-electron chi connectivity index (χ3n) is 2.68. The van der Waals surface area contributed by atoms with Crippen LogP contribution in [0.4, 0.5) is 0 Å². The first kappa shape index (κ1) is 14.7. The van der Waals surface area contributed by atoms with Crippen LogP contribution < -0.4 is 10.5 Å². The van der Waals surface area contributed by atoms with E-state index >= 15 is 0 Å². The maximum atomic E-state index is 11.9. The molecule has 0 fully saturated rings. The Labute approximate surface area is 107 Å². The fraction of sp³-hybridized carbons (Fsp3) is 0.417. The first-order chi connectivity index (χ1) is 8.38. The smallest absolute Gasteiger partial charge is 0.264 e. The summed E-state index contributed by atoms with van der Waals surface area (Å²) in [6, 6.07) is 7.77. The van der Waals surface area contributed by atoms with Crippen molar-refractivity contribution < 1.29 is 13.2 Å². The van der Waals surface area contributed by atoms with Crippen molar-refractivity contribution in [3.8, 4) is 0 Å². The van der Waals surface area contributed by atoms with Gasteiger partial charge in [0.25, 0.3) is 10.0 Å². The van der Waals surface area contributed by atoms with Gasteiger partial charge in [-0.1, -0.05) is 32.0 Å². The number of sulfonamides is 1. The molecular weight excluding hydrogens is 252 g/mol. The first-order valence-corrected chi connectivity index (χ1v) is 7.18. The summed E-state index contributed by atoms with van der Waals surface area (Å²) < 4.78 is 25.9. The van der Waals surface area contributed by atoms with Crippen molar-refractivity contribution in [2.75, 3.05) is 6.54 Å². The van der Waals surface area contributed by atoms with Crippen molar-refractivity contribution in [3.05, 3.63) is 30.3 Å². The highest BCUT2D eigenvalue weighted by molar-refractivity contribution is 7.90. The van der Waals surface area contributed by atoms with Crippen molar-refractivity contribution >= 4 is 15.9 Å². The van der Waals surface area contributed by atoms with E-state index in [-0.39, 0.29) is 17.4 Å². The van der Waals surface area contributed by atoms with E-state index in [9.17, 15) is 13.2 Å². The molecule has 1 unspecified atom stereocenters. The summed E-state index contributed by atoms with van der Waals surface area (Å²) in [5, 5.41) is 0. The molecule has 0 aliphatic heterocycles. The SMILES string of the molecule is CC(C)C(CN)C(=O)NS(=O)(=O)c1ccccc1. The number of nitrogens with two attached hydrogens (primary N) is 1. The van der Waals surface area contributed by atoms with Gasteiger partial charge < -0.3 is 5.73 Å². The third kappa shape index (κ3) is 3.54. The summed E-state index contributed by atoms with van der Waals surface area (Å²) in [5.74, 6) is -1.08. The van der Waals surface area contributed by atoms with Crippen molar-refractivity contribution in [2.45, 2.75) is 18.7 Å². The standard InChI is InChI=1S/C12H18N2O3S/c1-9(2)11(8-13)12(15)14-18(16,17)10-6-4-3-5-7-10/h3-7,9,11H,8,13H2,1-2H3,(H,14,15). The van der Waals surface area contributed by atoms with Gasteiger partial charge in [0.15, 0.2) is 0 Å². The van der Waals surface area contributed by atoms with Gasteiger partial charge in [-0.3, -0.25) is 4.79 Å². The molecule has 0 aliphatic rings. The fourth-order valence-corrected chi connectivity index (χ4v) is 2.60. The molecule has 1 rings (SSSR count). The Morgan fingerprint density at radius 1 is 1.28 bits per heavy atom. The van der Waals surface area contributed by atoms with Crippen LogP contribution >= 0.6 is 0 Å². The van der Waals surface area contributed by atoms with Crippen LogP contribution in [0.1, 0.15) is 13.8 Å². The van der Waals surface area contributed by atoms with Crippen molar-refractivity contribution in [3.63, 3.8) is 0 Å². The highest BCUT2D eigenvalue weighted by atomic mass is 32.2. The van der Waals surface area contributed by atoms with Crippen LogP contribution in [0.15, 0.2) is 35.2 Å². The van der Waals surface area contributed by atoms with E-state index < -0.39 is 21.8 Å². The molecular formula is C12H18N2O3S. The van der Waals surface area contributed by atoms with Gasteiger partial charge in [0.1, 0.15) is 0 Å². The molecule has 1 aromatic carbocycles. The van der Waals surface area contributed by atoms with Gasteiger partial charge in [0.05, 0.1) is 10.8 Å². The van der Waals surface area contributed by atoms with E-state index in [4.69, 9.17) is 5.73 Å². The van der Waals surface area contributed by atoms with Crippen LogP contribution in [-0.2, 0) is 14.8 Å². The summed E-state index contributed by atoms with van der Waals surface area (Å²) in [6.07, 6.45) is 0. The minimum absolute atomic E-state index is 0.0130. The third-order valence-corrected chi connectivity index (χ3v) is 4.05. The second kappa shape index (κ2) is 5.97. The number of carbonyl (C=O) groups excluding carboxylic acids is 1. The zero-order valence-electron chi connectivity index (χ0n) is 10.5. The average molecular weight is 270 g/mol. The molecule has 1 amide bonds. The van der Waals surface area contributed by atoms with Crippen molar-refractivity contribution in [1.29, 1.82) is 0 Å². The maximum absolute atomic E-state index is 11.9. The Balaban J connectivity index is 2.88. The molecule has 0 radical (unpaired) electrons. The number of hydrogen-bond donors (Lipinski definition) is 2. The van der Waals surface area contributed by atoms with Crippen molar-refractivity contribution in [1.82, 2.24) is 4.72 Å². The Morgan fingerprint density at radius 3 is 2.28 bits per heavy atom. The molecule has 0 saturated heterocycles. The van der Waals surface area contributed by atoms with Gasteiger partial charge >= 0.3 is 0 Å². The van der Waals surface area contributed by atoms with Gasteiger partial charge in [0.2, 0.25) is 5.91 Å². The fourth-order valence-electron chi connectivity index (χ4n) is 1.55. The maximum Gasteiger partial charge on any atom is 0.264 e. The van der Waals surface area contributed by atoms with Gasteiger partial charge in [0, 0.05) is 6.54 Å². The summed E-state index contributed by atoms with van der Waals surface area (Å²) in [6.45, 7) is 3.77. The number of amides is 1. The topological polar surface area (TPSA) is 89.3 Å². The summed E-state index contributed by atoms with van der Waals surface area (Å²) in [5.41, 5.74) is 5.48. The Morgan fingerprint density at radius 2 is 1.83 bits per heavy atom. The van der Waals surface area contributed by atoms with E-state index in [0.29, 0.717) is 0 Å². The lowest BCUT2D eigenvalue weighted by Gasteiger charge is -2.18. The summed E-state index contributed by atoms with van der Waals surface area (Å²) >= 11 is 0. The Hall–Kier alpha value is -1.40. The number of benzene rings is 1. The zero-order chi connectivity index (χ0) is 13.8. The van der Waals surface area contributed by atoms with Gasteiger partial charge in [-0.2, -0.15) is 0 Å². The molecule has 0 spiro atoms. The van der Waals surface area contributed by atoms with E-state index in [1.807, 2.05) is 13.8 Å². The van der Waals surface area contributed by atoms with Crippen LogP contribution in [0.5, 0.6) is 0 Å². The van der Waals surface area contributed by atoms with E-state index in [1.54, 1.807) is 18.2 Å². The van der Waals surface area contributed by atoms with Gasteiger partial charge in [-0.25, -0.2) is 13.1 Å². The molecule has 100 valence electrons. The molecule has 18 heavy (non-hydrogen) atoms. The van der Waals surface area contributed by atoms with Crippen LogP contribution in [-0.4, -0.2) is 20.9 Å². The predicted octanol–water partition coefficient (Wildman–Crippen LogP) is 0.722. The van der Waals surface area contributed by atoms with Crippen LogP contribution in [0, 0.1) is 11.8 Å². The van der Waals surface area contributed by atoms with E-state index in [0.717, 1.165) is 0 Å². The monoisotopic (exact) mass is 270 g/mol. The molecule has 1 atom stereocenters. The molecule has 0 heterocycles. The minimum atomic E-state index is -3.80. The van der Waals surface area contributed by atoms with Gasteiger partial charge in [-0.05, 0) is 18.1 Å². The molecule has 3 N–H and O–H groups in total.